The van der Waals surface area contributed by atoms with Crippen LogP contribution in [0.15, 0.2) is 53.7 Å². The normalized spacial score (nSPS) is 19.4. The summed E-state index contributed by atoms with van der Waals surface area (Å²) >= 11 is 0. The molecule has 0 bridgehead atoms. The van der Waals surface area contributed by atoms with E-state index in [1.807, 2.05) is 17.9 Å². The van der Waals surface area contributed by atoms with E-state index >= 15 is 0 Å². The maximum Gasteiger partial charge on any atom is 0.130 e. The Balaban J connectivity index is 1.78. The molecule has 2 aliphatic rings. The highest BCUT2D eigenvalue weighted by atomic mass is 16.5. The molecule has 1 aromatic carbocycles. The molecule has 6 nitrogen and oxygen atoms in total. The van der Waals surface area contributed by atoms with Crippen LogP contribution in [-0.2, 0) is 11.8 Å². The van der Waals surface area contributed by atoms with Crippen LogP contribution < -0.4 is 4.90 Å². The molecule has 0 saturated carbocycles. The summed E-state index contributed by atoms with van der Waals surface area (Å²) in [6, 6.07) is 10.9. The standard InChI is InChI=1S/C22H23N5O/c1-15-14-28-12-11-27(15)21-13-18(20-8-10-24-26(20)2)16-5-3-6-17(22(16)25-21)19-7-4-9-23-19/h3-8,10,13,15H,9,11-12,14H2,1-2H3/t15-/m1/s1. The van der Waals surface area contributed by atoms with E-state index in [-0.39, 0.29) is 6.04 Å². The van der Waals surface area contributed by atoms with Crippen LogP contribution in [0.4, 0.5) is 5.82 Å². The molecule has 28 heavy (non-hydrogen) atoms. The van der Waals surface area contributed by atoms with Gasteiger partial charge in [0.1, 0.15) is 5.82 Å². The van der Waals surface area contributed by atoms with Crippen LogP contribution in [0.25, 0.3) is 22.2 Å². The molecule has 0 N–H and O–H groups in total. The lowest BCUT2D eigenvalue weighted by Gasteiger charge is -2.34. The topological polar surface area (TPSA) is 55.5 Å². The third-order valence-electron chi connectivity index (χ3n) is 5.50. The van der Waals surface area contributed by atoms with Gasteiger partial charge in [0, 0.05) is 36.3 Å². The van der Waals surface area contributed by atoms with Crippen molar-refractivity contribution < 1.29 is 4.74 Å². The number of ether oxygens (including phenoxy) is 1. The Hall–Kier alpha value is -2.99. The molecular formula is C22H23N5O. The minimum atomic E-state index is 0.286. The third-order valence-corrected chi connectivity index (χ3v) is 5.50. The summed E-state index contributed by atoms with van der Waals surface area (Å²) in [7, 11) is 1.98. The summed E-state index contributed by atoms with van der Waals surface area (Å²) in [6.45, 7) is 5.21. The average Bonchev–Trinajstić information content (AvgIpc) is 3.39. The van der Waals surface area contributed by atoms with Gasteiger partial charge in [0.05, 0.1) is 42.7 Å². The molecule has 0 aliphatic carbocycles. The molecule has 3 aromatic rings. The first-order valence-electron chi connectivity index (χ1n) is 9.70. The number of para-hydroxylation sites is 1. The Kier molecular flexibility index (Phi) is 4.20. The summed E-state index contributed by atoms with van der Waals surface area (Å²) in [4.78, 5) is 12.1. The van der Waals surface area contributed by atoms with Gasteiger partial charge >= 0.3 is 0 Å². The SMILES string of the molecule is C[C@@H]1COCCN1c1cc(-c2ccnn2C)c2cccc(C3=NCC=C3)c2n1. The van der Waals surface area contributed by atoms with Crippen molar-refractivity contribution in [1.82, 2.24) is 14.8 Å². The second kappa shape index (κ2) is 6.87. The van der Waals surface area contributed by atoms with Gasteiger partial charge in [-0.15, -0.1) is 0 Å². The van der Waals surface area contributed by atoms with Crippen molar-refractivity contribution in [2.75, 3.05) is 31.2 Å². The molecule has 5 rings (SSSR count). The lowest BCUT2D eigenvalue weighted by molar-refractivity contribution is 0.0986. The van der Waals surface area contributed by atoms with Gasteiger partial charge in [0.2, 0.25) is 0 Å². The number of anilines is 1. The van der Waals surface area contributed by atoms with Crippen molar-refractivity contribution in [2.24, 2.45) is 12.0 Å². The summed E-state index contributed by atoms with van der Waals surface area (Å²) in [5.41, 5.74) is 5.29. The van der Waals surface area contributed by atoms with Gasteiger partial charge in [0.25, 0.3) is 0 Å². The number of fused-ring (bicyclic) bond motifs is 1. The number of morpholine rings is 1. The van der Waals surface area contributed by atoms with Crippen LogP contribution in [0.5, 0.6) is 0 Å². The fraction of sp³-hybridized carbons (Fsp3) is 0.318. The molecule has 1 atom stereocenters. The molecule has 4 heterocycles. The van der Waals surface area contributed by atoms with Crippen molar-refractivity contribution in [3.63, 3.8) is 0 Å². The zero-order valence-corrected chi connectivity index (χ0v) is 16.2. The van der Waals surface area contributed by atoms with E-state index < -0.39 is 0 Å². The molecule has 2 aromatic heterocycles. The van der Waals surface area contributed by atoms with Crippen LogP contribution in [-0.4, -0.2) is 52.8 Å². The van der Waals surface area contributed by atoms with E-state index in [1.165, 1.54) is 0 Å². The van der Waals surface area contributed by atoms with Gasteiger partial charge in [-0.25, -0.2) is 4.98 Å². The predicted molar refractivity (Wildman–Crippen MR) is 112 cm³/mol. The molecule has 2 aliphatic heterocycles. The van der Waals surface area contributed by atoms with Crippen molar-refractivity contribution in [3.05, 3.63) is 54.2 Å². The van der Waals surface area contributed by atoms with Gasteiger partial charge in [-0.1, -0.05) is 24.3 Å². The number of aliphatic imine (C=N–C) groups is 1. The van der Waals surface area contributed by atoms with Crippen LogP contribution >= 0.6 is 0 Å². The van der Waals surface area contributed by atoms with E-state index in [9.17, 15) is 0 Å². The van der Waals surface area contributed by atoms with Crippen molar-refractivity contribution in [2.45, 2.75) is 13.0 Å². The van der Waals surface area contributed by atoms with E-state index in [0.29, 0.717) is 0 Å². The Morgan fingerprint density at radius 1 is 1.18 bits per heavy atom. The van der Waals surface area contributed by atoms with Gasteiger partial charge in [-0.05, 0) is 25.1 Å². The number of nitrogens with zero attached hydrogens (tertiary/aromatic N) is 5. The Morgan fingerprint density at radius 2 is 2.11 bits per heavy atom. The molecule has 0 amide bonds. The summed E-state index contributed by atoms with van der Waals surface area (Å²) in [6.07, 6.45) is 6.01. The smallest absolute Gasteiger partial charge is 0.130 e. The minimum Gasteiger partial charge on any atom is -0.377 e. The number of pyridine rings is 1. The first kappa shape index (κ1) is 17.1. The zero-order chi connectivity index (χ0) is 19.1. The first-order chi connectivity index (χ1) is 13.7. The molecule has 0 unspecified atom stereocenters. The largest absolute Gasteiger partial charge is 0.377 e. The van der Waals surface area contributed by atoms with E-state index in [2.05, 4.69) is 64.4 Å². The maximum absolute atomic E-state index is 5.64. The van der Waals surface area contributed by atoms with Crippen molar-refractivity contribution in [1.29, 1.82) is 0 Å². The van der Waals surface area contributed by atoms with Gasteiger partial charge in [-0.2, -0.15) is 5.10 Å². The first-order valence-corrected chi connectivity index (χ1v) is 9.70. The van der Waals surface area contributed by atoms with Crippen LogP contribution in [0, 0.1) is 0 Å². The van der Waals surface area contributed by atoms with Crippen LogP contribution in [0.3, 0.4) is 0 Å². The summed E-state index contributed by atoms with van der Waals surface area (Å²) in [5, 5.41) is 5.50. The second-order valence-corrected chi connectivity index (χ2v) is 7.32. The average molecular weight is 373 g/mol. The predicted octanol–water partition coefficient (Wildman–Crippen LogP) is 3.22. The molecular weight excluding hydrogens is 350 g/mol. The quantitative estimate of drug-likeness (QED) is 0.707. The molecule has 1 saturated heterocycles. The molecule has 0 radical (unpaired) electrons. The number of allylic oxidation sites excluding steroid dienone is 1. The molecule has 6 heteroatoms. The van der Waals surface area contributed by atoms with E-state index in [1.54, 1.807) is 0 Å². The number of hydrogen-bond acceptors (Lipinski definition) is 5. The molecule has 1 fully saturated rings. The van der Waals surface area contributed by atoms with Crippen LogP contribution in [0.1, 0.15) is 12.5 Å². The number of rotatable bonds is 3. The van der Waals surface area contributed by atoms with E-state index in [4.69, 9.17) is 9.72 Å². The Labute approximate surface area is 164 Å². The zero-order valence-electron chi connectivity index (χ0n) is 16.2. The Morgan fingerprint density at radius 3 is 2.86 bits per heavy atom. The highest BCUT2D eigenvalue weighted by Gasteiger charge is 2.23. The molecule has 142 valence electrons. The maximum atomic E-state index is 5.64. The van der Waals surface area contributed by atoms with E-state index in [0.717, 1.165) is 65.6 Å². The lowest BCUT2D eigenvalue weighted by Crippen LogP contribution is -2.44. The monoisotopic (exact) mass is 373 g/mol. The number of aromatic nitrogens is 3. The summed E-state index contributed by atoms with van der Waals surface area (Å²) in [5.74, 6) is 0.981. The number of hydrogen-bond donors (Lipinski definition) is 0. The third kappa shape index (κ3) is 2.81. The molecule has 0 spiro atoms. The van der Waals surface area contributed by atoms with Gasteiger partial charge in [0.15, 0.2) is 0 Å². The second-order valence-electron chi connectivity index (χ2n) is 7.32. The fourth-order valence-electron chi connectivity index (χ4n) is 4.05. The minimum absolute atomic E-state index is 0.286. The number of benzene rings is 1. The fourth-order valence-corrected chi connectivity index (χ4v) is 4.05. The Bertz CT molecular complexity index is 1100. The van der Waals surface area contributed by atoms with Crippen LogP contribution in [0.2, 0.25) is 0 Å². The van der Waals surface area contributed by atoms with Crippen molar-refractivity contribution >= 4 is 22.4 Å². The number of aryl methyl sites for hydroxylation is 1. The van der Waals surface area contributed by atoms with Gasteiger partial charge in [-0.3, -0.25) is 9.67 Å². The lowest BCUT2D eigenvalue weighted by atomic mass is 9.99. The van der Waals surface area contributed by atoms with Gasteiger partial charge < -0.3 is 9.64 Å². The van der Waals surface area contributed by atoms with Crippen molar-refractivity contribution in [3.8, 4) is 11.3 Å². The highest BCUT2D eigenvalue weighted by Crippen LogP contribution is 2.34. The highest BCUT2D eigenvalue weighted by molar-refractivity contribution is 6.17. The summed E-state index contributed by atoms with van der Waals surface area (Å²) < 4.78 is 7.55.